The van der Waals surface area contributed by atoms with Gasteiger partial charge in [-0.3, -0.25) is 4.79 Å². The molecule has 1 N–H and O–H groups in total. The molecule has 28 heavy (non-hydrogen) atoms. The van der Waals surface area contributed by atoms with Crippen LogP contribution in [0.4, 0.5) is 0 Å². The minimum absolute atomic E-state index is 0.00259. The molecule has 0 bridgehead atoms. The van der Waals surface area contributed by atoms with Crippen LogP contribution >= 0.6 is 31.9 Å². The fourth-order valence-corrected chi connectivity index (χ4v) is 4.06. The summed E-state index contributed by atoms with van der Waals surface area (Å²) in [5.74, 6) is -0.159. The van der Waals surface area contributed by atoms with E-state index in [4.69, 9.17) is 9.15 Å². The largest absolute Gasteiger partial charge is 0.507 e. The fourth-order valence-electron chi connectivity index (χ4n) is 3.20. The van der Waals surface area contributed by atoms with Crippen LogP contribution in [0.5, 0.6) is 5.75 Å². The molecule has 0 aromatic heterocycles. The van der Waals surface area contributed by atoms with Gasteiger partial charge in [0, 0.05) is 16.5 Å². The molecule has 2 aromatic rings. The van der Waals surface area contributed by atoms with Crippen molar-refractivity contribution in [2.75, 3.05) is 7.11 Å². The first-order valence-corrected chi connectivity index (χ1v) is 9.77. The minimum atomic E-state index is -0.477. The van der Waals surface area contributed by atoms with Crippen molar-refractivity contribution in [3.8, 4) is 28.2 Å². The van der Waals surface area contributed by atoms with Crippen molar-refractivity contribution < 1.29 is 19.1 Å². The van der Waals surface area contributed by atoms with Gasteiger partial charge in [-0.05, 0) is 67.8 Å². The zero-order chi connectivity index (χ0) is 20.0. The quantitative estimate of drug-likeness (QED) is 0.285. The molecule has 2 aliphatic rings. The van der Waals surface area contributed by atoms with Gasteiger partial charge in [-0.15, -0.1) is 0 Å². The van der Waals surface area contributed by atoms with Crippen molar-refractivity contribution in [1.82, 2.24) is 0 Å². The number of carbonyl (C=O) groups is 1. The van der Waals surface area contributed by atoms with Gasteiger partial charge < -0.3 is 14.3 Å². The number of benzene rings is 3. The monoisotopic (exact) mass is 502 g/mol. The van der Waals surface area contributed by atoms with Gasteiger partial charge >= 0.3 is 5.97 Å². The fraction of sp³-hybridized carbons (Fsp3) is 0.0476. The number of rotatable bonds is 2. The summed E-state index contributed by atoms with van der Waals surface area (Å²) in [7, 11) is 1.32. The Morgan fingerprint density at radius 2 is 1.75 bits per heavy atom. The first-order chi connectivity index (χ1) is 13.4. The average molecular weight is 504 g/mol. The highest BCUT2D eigenvalue weighted by atomic mass is 79.9. The maximum Gasteiger partial charge on any atom is 0.338 e. The Bertz CT molecular complexity index is 1280. The zero-order valence-electron chi connectivity index (χ0n) is 14.5. The van der Waals surface area contributed by atoms with Crippen LogP contribution < -0.4 is 5.43 Å². The SMILES string of the molecule is COC(=O)c1ccccc1-c1c2ccc(=O)c(Br)c-2oc2c(Br)c(O)ccc12. The lowest BCUT2D eigenvalue weighted by atomic mass is 9.91. The van der Waals surface area contributed by atoms with Gasteiger partial charge in [-0.25, -0.2) is 4.79 Å². The predicted molar refractivity (Wildman–Crippen MR) is 113 cm³/mol. The molecular formula is C21H12Br2O5. The van der Waals surface area contributed by atoms with E-state index in [1.807, 2.05) is 6.07 Å². The lowest BCUT2D eigenvalue weighted by molar-refractivity contribution is 0.0601. The Kier molecular flexibility index (Phi) is 4.72. The summed E-state index contributed by atoms with van der Waals surface area (Å²) < 4.78 is 11.5. The number of hydrogen-bond donors (Lipinski definition) is 1. The molecule has 1 aliphatic heterocycles. The van der Waals surface area contributed by atoms with Gasteiger partial charge in [-0.2, -0.15) is 0 Å². The normalized spacial score (nSPS) is 11.1. The van der Waals surface area contributed by atoms with Gasteiger partial charge in [-0.1, -0.05) is 18.2 Å². The molecule has 0 saturated carbocycles. The highest BCUT2D eigenvalue weighted by Crippen LogP contribution is 2.46. The lowest BCUT2D eigenvalue weighted by Crippen LogP contribution is -2.06. The van der Waals surface area contributed by atoms with Gasteiger partial charge in [0.25, 0.3) is 0 Å². The lowest BCUT2D eigenvalue weighted by Gasteiger charge is -2.18. The Hall–Kier alpha value is -2.64. The number of phenolic OH excluding ortho intramolecular Hbond substituents is 1. The summed E-state index contributed by atoms with van der Waals surface area (Å²) in [6, 6.07) is 13.4. The number of esters is 1. The summed E-state index contributed by atoms with van der Waals surface area (Å²) in [5, 5.41) is 10.8. The summed E-state index contributed by atoms with van der Waals surface area (Å²) in [5.41, 5.74) is 2.47. The van der Waals surface area contributed by atoms with Gasteiger partial charge in [0.1, 0.15) is 14.7 Å². The molecule has 0 spiro atoms. The summed E-state index contributed by atoms with van der Waals surface area (Å²) in [4.78, 5) is 24.5. The van der Waals surface area contributed by atoms with E-state index in [0.717, 1.165) is 0 Å². The second-order valence-electron chi connectivity index (χ2n) is 6.04. The minimum Gasteiger partial charge on any atom is -0.507 e. The molecule has 1 aliphatic carbocycles. The Labute approximate surface area is 176 Å². The molecule has 2 aromatic carbocycles. The van der Waals surface area contributed by atoms with Crippen LogP contribution in [-0.4, -0.2) is 18.2 Å². The molecule has 0 atom stereocenters. The Balaban J connectivity index is 2.25. The third-order valence-corrected chi connectivity index (χ3v) is 6.00. The van der Waals surface area contributed by atoms with Crippen molar-refractivity contribution in [3.05, 3.63) is 73.3 Å². The van der Waals surface area contributed by atoms with Crippen LogP contribution in [0.3, 0.4) is 0 Å². The summed E-state index contributed by atoms with van der Waals surface area (Å²) >= 11 is 6.65. The number of ether oxygens (including phenoxy) is 1. The molecule has 5 nitrogen and oxygen atoms in total. The number of phenols is 1. The number of carbonyl (C=O) groups excluding carboxylic acids is 1. The smallest absolute Gasteiger partial charge is 0.338 e. The molecule has 0 saturated heterocycles. The van der Waals surface area contributed by atoms with E-state index in [2.05, 4.69) is 31.9 Å². The standard InChI is InChI=1S/C21H12Br2O5/c1-27-21(26)11-5-3-2-4-10(11)16-12-6-8-14(24)17(22)19(12)28-20-13(16)7-9-15(25)18(20)23/h2-9,24H,1H3. The molecule has 0 radical (unpaired) electrons. The van der Waals surface area contributed by atoms with Gasteiger partial charge in [0.2, 0.25) is 0 Å². The van der Waals surface area contributed by atoms with Gasteiger partial charge in [0.15, 0.2) is 16.8 Å². The van der Waals surface area contributed by atoms with E-state index in [1.54, 1.807) is 30.3 Å². The number of methoxy groups -OCH3 is 1. The second-order valence-corrected chi connectivity index (χ2v) is 7.63. The highest BCUT2D eigenvalue weighted by molar-refractivity contribution is 9.11. The predicted octanol–water partition coefficient (Wildman–Crippen LogP) is 5.58. The second kappa shape index (κ2) is 7.07. The molecule has 0 amide bonds. The first-order valence-electron chi connectivity index (χ1n) is 8.18. The zero-order valence-corrected chi connectivity index (χ0v) is 17.6. The number of aromatic hydroxyl groups is 1. The molecule has 7 heteroatoms. The van der Waals surface area contributed by atoms with E-state index < -0.39 is 5.97 Å². The molecule has 140 valence electrons. The van der Waals surface area contributed by atoms with Crippen LogP contribution in [0.2, 0.25) is 0 Å². The maximum absolute atomic E-state index is 12.4. The molecule has 0 fully saturated rings. The van der Waals surface area contributed by atoms with E-state index in [9.17, 15) is 14.7 Å². The van der Waals surface area contributed by atoms with Crippen LogP contribution in [-0.2, 0) is 4.74 Å². The van der Waals surface area contributed by atoms with Gasteiger partial charge in [0.05, 0.1) is 12.7 Å². The Morgan fingerprint density at radius 1 is 1.00 bits per heavy atom. The van der Waals surface area contributed by atoms with E-state index in [-0.39, 0.29) is 15.7 Å². The van der Waals surface area contributed by atoms with E-state index >= 15 is 0 Å². The van der Waals surface area contributed by atoms with Crippen molar-refractivity contribution in [1.29, 1.82) is 0 Å². The molecule has 4 rings (SSSR count). The van der Waals surface area contributed by atoms with Crippen LogP contribution in [0, 0.1) is 0 Å². The van der Waals surface area contributed by atoms with Crippen LogP contribution in [0.15, 0.2) is 66.7 Å². The molecular weight excluding hydrogens is 492 g/mol. The number of fused-ring (bicyclic) bond motifs is 2. The highest BCUT2D eigenvalue weighted by Gasteiger charge is 2.25. The average Bonchev–Trinajstić information content (AvgIpc) is 2.72. The first kappa shape index (κ1) is 18.7. The van der Waals surface area contributed by atoms with E-state index in [0.29, 0.717) is 43.5 Å². The molecule has 1 heterocycles. The topological polar surface area (TPSA) is 76.7 Å². The summed E-state index contributed by atoms with van der Waals surface area (Å²) in [6.45, 7) is 0. The third-order valence-electron chi connectivity index (χ3n) is 4.48. The number of halogens is 2. The van der Waals surface area contributed by atoms with Crippen molar-refractivity contribution in [2.24, 2.45) is 0 Å². The Morgan fingerprint density at radius 3 is 2.50 bits per heavy atom. The van der Waals surface area contributed by atoms with E-state index in [1.165, 1.54) is 19.2 Å². The van der Waals surface area contributed by atoms with Crippen LogP contribution in [0.1, 0.15) is 10.4 Å². The van der Waals surface area contributed by atoms with Crippen molar-refractivity contribution in [3.63, 3.8) is 0 Å². The number of hydrogen-bond acceptors (Lipinski definition) is 5. The third kappa shape index (κ3) is 2.82. The van der Waals surface area contributed by atoms with Crippen LogP contribution in [0.25, 0.3) is 33.4 Å². The summed E-state index contributed by atoms with van der Waals surface area (Å²) in [6.07, 6.45) is 0. The van der Waals surface area contributed by atoms with Crippen molar-refractivity contribution >= 4 is 48.8 Å². The van der Waals surface area contributed by atoms with Crippen molar-refractivity contribution in [2.45, 2.75) is 0 Å². The molecule has 0 unspecified atom stereocenters. The maximum atomic E-state index is 12.4.